The Balaban J connectivity index is 2.13. The highest BCUT2D eigenvalue weighted by molar-refractivity contribution is 6.76. The van der Waals surface area contributed by atoms with Gasteiger partial charge in [-0.3, -0.25) is 4.79 Å². The highest BCUT2D eigenvalue weighted by Crippen LogP contribution is 2.40. The van der Waals surface area contributed by atoms with Gasteiger partial charge in [-0.05, 0) is 42.2 Å². The van der Waals surface area contributed by atoms with Gasteiger partial charge in [0.25, 0.3) is 5.91 Å². The number of imide groups is 1. The molecule has 1 aliphatic rings. The molecule has 3 rings (SSSR count). The molecule has 0 spiro atoms. The van der Waals surface area contributed by atoms with Crippen LogP contribution in [0.25, 0.3) is 0 Å². The summed E-state index contributed by atoms with van der Waals surface area (Å²) in [6.45, 7) is 21.8. The maximum atomic E-state index is 15.3. The molecular weight excluding hydrogens is 803 g/mol. The first-order valence-electron chi connectivity index (χ1n) is 21.1. The van der Waals surface area contributed by atoms with Crippen LogP contribution in [0.1, 0.15) is 52.2 Å². The predicted molar refractivity (Wildman–Crippen MR) is 237 cm³/mol. The molecule has 0 bridgehead atoms. The SMILES string of the molecule is COC[C@H]1O[C@@H](N(C(=O)OCC[Si](C)(C)C)C(=O)[C@@H](OCc2ccccc2)[C@H](O)C[C@@H](O[Si](C)(C)C(C)(C)C)[C@@H](C)[C@@H](C)OCc2ccccc2)[C@H](OC)[C@@H](OC)[C@@H]1OC. The van der Waals surface area contributed by atoms with Crippen molar-refractivity contribution in [1.29, 1.82) is 0 Å². The van der Waals surface area contributed by atoms with Gasteiger partial charge in [-0.15, -0.1) is 0 Å². The van der Waals surface area contributed by atoms with E-state index >= 15 is 4.79 Å². The Labute approximate surface area is 361 Å². The Kier molecular flexibility index (Phi) is 20.5. The van der Waals surface area contributed by atoms with Crippen LogP contribution in [0.3, 0.4) is 0 Å². The van der Waals surface area contributed by atoms with Crippen molar-refractivity contribution < 1.29 is 57.0 Å². The lowest BCUT2D eigenvalue weighted by molar-refractivity contribution is -0.275. The van der Waals surface area contributed by atoms with Crippen molar-refractivity contribution in [1.82, 2.24) is 4.90 Å². The molecule has 15 heteroatoms. The van der Waals surface area contributed by atoms with Gasteiger partial charge in [-0.2, -0.15) is 0 Å². The summed E-state index contributed by atoms with van der Waals surface area (Å²) in [5.74, 6) is -1.09. The lowest BCUT2D eigenvalue weighted by Crippen LogP contribution is -2.67. The zero-order valence-electron chi connectivity index (χ0n) is 38.7. The van der Waals surface area contributed by atoms with Crippen LogP contribution in [0, 0.1) is 5.92 Å². The fraction of sp³-hybridized carbons (Fsp3) is 0.689. The summed E-state index contributed by atoms with van der Waals surface area (Å²) in [7, 11) is 1.85. The van der Waals surface area contributed by atoms with E-state index in [1.54, 1.807) is 0 Å². The van der Waals surface area contributed by atoms with Crippen molar-refractivity contribution in [2.75, 3.05) is 41.7 Å². The lowest BCUT2D eigenvalue weighted by Gasteiger charge is -2.47. The molecule has 60 heavy (non-hydrogen) atoms. The number of methoxy groups -OCH3 is 4. The number of ether oxygens (including phenoxy) is 8. The third-order valence-electron chi connectivity index (χ3n) is 11.8. The molecule has 0 aromatic heterocycles. The van der Waals surface area contributed by atoms with Crippen LogP contribution in [-0.4, -0.2) is 135 Å². The van der Waals surface area contributed by atoms with Crippen LogP contribution in [0.2, 0.25) is 43.8 Å². The van der Waals surface area contributed by atoms with Crippen LogP contribution in [-0.2, 0) is 60.3 Å². The van der Waals surface area contributed by atoms with E-state index in [-0.39, 0.29) is 43.3 Å². The average Bonchev–Trinajstić information content (AvgIpc) is 3.19. The number of benzene rings is 2. The number of amides is 2. The number of aliphatic hydroxyl groups excluding tert-OH is 1. The second-order valence-corrected chi connectivity index (χ2v) is 28.9. The maximum absolute atomic E-state index is 15.3. The Bertz CT molecular complexity index is 1560. The molecule has 0 saturated carbocycles. The Morgan fingerprint density at radius 1 is 0.800 bits per heavy atom. The van der Waals surface area contributed by atoms with Crippen molar-refractivity contribution >= 4 is 28.4 Å². The first-order valence-corrected chi connectivity index (χ1v) is 27.7. The summed E-state index contributed by atoms with van der Waals surface area (Å²) in [4.78, 5) is 30.6. The van der Waals surface area contributed by atoms with Gasteiger partial charge in [-0.1, -0.05) is 108 Å². The largest absolute Gasteiger partial charge is 0.449 e. The summed E-state index contributed by atoms with van der Waals surface area (Å²) in [6.07, 6.45) is -9.50. The molecule has 13 nitrogen and oxygen atoms in total. The molecule has 2 aromatic rings. The fourth-order valence-electron chi connectivity index (χ4n) is 6.83. The highest BCUT2D eigenvalue weighted by atomic mass is 28.4. The van der Waals surface area contributed by atoms with Gasteiger partial charge >= 0.3 is 6.09 Å². The van der Waals surface area contributed by atoms with Gasteiger partial charge in [0.15, 0.2) is 20.6 Å². The second-order valence-electron chi connectivity index (χ2n) is 18.6. The van der Waals surface area contributed by atoms with E-state index in [0.29, 0.717) is 12.7 Å². The summed E-state index contributed by atoms with van der Waals surface area (Å²) in [5.41, 5.74) is 1.80. The van der Waals surface area contributed by atoms with Gasteiger partial charge < -0.3 is 47.4 Å². The third-order valence-corrected chi connectivity index (χ3v) is 18.0. The first-order chi connectivity index (χ1) is 28.2. The monoisotopic (exact) mass is 877 g/mol. The zero-order valence-corrected chi connectivity index (χ0v) is 40.7. The summed E-state index contributed by atoms with van der Waals surface area (Å²) < 4.78 is 55.4. The van der Waals surface area contributed by atoms with E-state index in [1.807, 2.05) is 74.5 Å². The summed E-state index contributed by atoms with van der Waals surface area (Å²) >= 11 is 0. The number of hydrogen-bond acceptors (Lipinski definition) is 12. The van der Waals surface area contributed by atoms with Crippen molar-refractivity contribution in [3.8, 4) is 0 Å². The van der Waals surface area contributed by atoms with E-state index < -0.39 is 77.3 Å². The smallest absolute Gasteiger partial charge is 0.418 e. The molecule has 340 valence electrons. The van der Waals surface area contributed by atoms with E-state index in [1.165, 1.54) is 28.4 Å². The minimum atomic E-state index is -2.46. The minimum absolute atomic E-state index is 0.00556. The third kappa shape index (κ3) is 14.8. The van der Waals surface area contributed by atoms with Crippen LogP contribution < -0.4 is 0 Å². The predicted octanol–water partition coefficient (Wildman–Crippen LogP) is 7.67. The van der Waals surface area contributed by atoms with Crippen molar-refractivity contribution in [2.24, 2.45) is 5.92 Å². The number of carbonyl (C=O) groups excluding carboxylic acids is 2. The number of carbonyl (C=O) groups is 2. The van der Waals surface area contributed by atoms with Gasteiger partial charge in [-0.25, -0.2) is 9.69 Å². The van der Waals surface area contributed by atoms with Crippen molar-refractivity contribution in [3.63, 3.8) is 0 Å². The number of hydrogen-bond donors (Lipinski definition) is 1. The minimum Gasteiger partial charge on any atom is -0.449 e. The molecule has 0 aliphatic carbocycles. The number of aliphatic hydroxyl groups is 1. The normalized spacial score (nSPS) is 22.7. The molecule has 0 radical (unpaired) electrons. The van der Waals surface area contributed by atoms with Crippen molar-refractivity contribution in [3.05, 3.63) is 71.8 Å². The Hall–Kier alpha value is -2.55. The van der Waals surface area contributed by atoms with Gasteiger partial charge in [0, 0.05) is 48.9 Å². The summed E-state index contributed by atoms with van der Waals surface area (Å²) in [6, 6.07) is 19.9. The van der Waals surface area contributed by atoms with E-state index in [4.69, 9.17) is 42.3 Å². The highest BCUT2D eigenvalue weighted by Gasteiger charge is 2.54. The molecule has 1 heterocycles. The van der Waals surface area contributed by atoms with Crippen LogP contribution in [0.5, 0.6) is 0 Å². The van der Waals surface area contributed by atoms with E-state index in [0.717, 1.165) is 16.0 Å². The fourth-order valence-corrected chi connectivity index (χ4v) is 8.96. The van der Waals surface area contributed by atoms with E-state index in [9.17, 15) is 9.90 Å². The van der Waals surface area contributed by atoms with Gasteiger partial charge in [0.05, 0.1) is 44.7 Å². The average molecular weight is 878 g/mol. The van der Waals surface area contributed by atoms with Crippen LogP contribution in [0.15, 0.2) is 60.7 Å². The maximum Gasteiger partial charge on any atom is 0.418 e. The number of nitrogens with zero attached hydrogens (tertiary/aromatic N) is 1. The topological polar surface area (TPSA) is 141 Å². The molecule has 0 unspecified atom stereocenters. The Morgan fingerprint density at radius 3 is 1.82 bits per heavy atom. The quantitative estimate of drug-likeness (QED) is 0.110. The van der Waals surface area contributed by atoms with Crippen molar-refractivity contribution in [2.45, 2.75) is 153 Å². The first kappa shape index (κ1) is 51.8. The molecule has 1 fully saturated rings. The molecule has 2 amide bonds. The molecule has 2 aromatic carbocycles. The number of rotatable bonds is 23. The zero-order chi connectivity index (χ0) is 44.8. The van der Waals surface area contributed by atoms with Crippen LogP contribution >= 0.6 is 0 Å². The van der Waals surface area contributed by atoms with Gasteiger partial charge in [0.1, 0.15) is 24.4 Å². The summed E-state index contributed by atoms with van der Waals surface area (Å²) in [5, 5.41) is 12.3. The van der Waals surface area contributed by atoms with Gasteiger partial charge in [0.2, 0.25) is 0 Å². The Morgan fingerprint density at radius 2 is 1.33 bits per heavy atom. The standard InChI is InChI=1S/C45H75NO12Si2/c1-31(32(2)55-28-33-21-17-15-18-22-33)36(58-60(13,14)45(3,4)5)27-35(47)38(56-29-34-23-19-16-20-24-34)42(48)46(44(49)54-25-26-59(10,11)12)43-41(53-9)40(52-8)39(51-7)37(57-43)30-50-6/h15-24,31-32,35-41,43,47H,25-30H2,1-14H3/t31-,32+,35+,36+,37+,38-,39+,40-,41+,43+/m0/s1. The molecule has 10 atom stereocenters. The van der Waals surface area contributed by atoms with Crippen LogP contribution in [0.4, 0.5) is 4.79 Å². The lowest BCUT2D eigenvalue weighted by atomic mass is 9.92. The molecule has 1 saturated heterocycles. The molecule has 1 N–H and O–H groups in total. The van der Waals surface area contributed by atoms with E-state index in [2.05, 4.69) is 53.5 Å². The molecule has 1 aliphatic heterocycles. The molecular formula is C45H75NO12Si2. The second kappa shape index (κ2) is 23.8.